The lowest BCUT2D eigenvalue weighted by Gasteiger charge is -2.33. The van der Waals surface area contributed by atoms with Crippen LogP contribution in [0.4, 0.5) is 4.79 Å². The number of carbonyl (C=O) groups excluding carboxylic acids is 1. The molecule has 1 unspecified atom stereocenters. The number of nitrogens with one attached hydrogen (secondary N) is 1. The minimum Gasteiger partial charge on any atom is -0.481 e. The molecule has 0 aromatic heterocycles. The molecule has 1 saturated heterocycles. The van der Waals surface area contributed by atoms with Crippen molar-refractivity contribution in [3.05, 3.63) is 0 Å². The van der Waals surface area contributed by atoms with E-state index in [0.717, 1.165) is 32.2 Å². The first-order chi connectivity index (χ1) is 9.65. The highest BCUT2D eigenvalue weighted by Gasteiger charge is 2.26. The monoisotopic (exact) mass is 282 g/mol. The van der Waals surface area contributed by atoms with E-state index in [1.807, 2.05) is 4.90 Å². The summed E-state index contributed by atoms with van der Waals surface area (Å²) in [5.41, 5.74) is 0. The summed E-state index contributed by atoms with van der Waals surface area (Å²) < 4.78 is 0. The summed E-state index contributed by atoms with van der Waals surface area (Å²) in [6, 6.07) is 0.317. The van der Waals surface area contributed by atoms with Crippen molar-refractivity contribution in [3.63, 3.8) is 0 Å². The highest BCUT2D eigenvalue weighted by atomic mass is 16.4. The number of nitrogens with zero attached hydrogens (tertiary/aromatic N) is 1. The van der Waals surface area contributed by atoms with Gasteiger partial charge in [-0.3, -0.25) is 4.79 Å². The van der Waals surface area contributed by atoms with Crippen LogP contribution in [-0.2, 0) is 4.79 Å². The van der Waals surface area contributed by atoms with Gasteiger partial charge < -0.3 is 15.3 Å². The average Bonchev–Trinajstić information content (AvgIpc) is 2.67. The van der Waals surface area contributed by atoms with Gasteiger partial charge in [-0.1, -0.05) is 25.7 Å². The molecule has 2 aliphatic rings. The van der Waals surface area contributed by atoms with Crippen molar-refractivity contribution in [3.8, 4) is 0 Å². The number of urea groups is 1. The van der Waals surface area contributed by atoms with Crippen LogP contribution >= 0.6 is 0 Å². The third kappa shape index (κ3) is 4.69. The van der Waals surface area contributed by atoms with E-state index in [2.05, 4.69) is 5.32 Å². The predicted octanol–water partition coefficient (Wildman–Crippen LogP) is 2.61. The van der Waals surface area contributed by atoms with Crippen molar-refractivity contribution in [1.29, 1.82) is 0 Å². The van der Waals surface area contributed by atoms with Crippen molar-refractivity contribution in [2.45, 2.75) is 63.8 Å². The number of hydrogen-bond acceptors (Lipinski definition) is 2. The first-order valence-corrected chi connectivity index (χ1v) is 7.92. The zero-order chi connectivity index (χ0) is 14.4. The molecule has 2 rings (SSSR count). The molecule has 1 aliphatic heterocycles. The van der Waals surface area contributed by atoms with Crippen LogP contribution in [-0.4, -0.2) is 41.1 Å². The van der Waals surface area contributed by atoms with Crippen molar-refractivity contribution in [2.75, 3.05) is 13.1 Å². The van der Waals surface area contributed by atoms with Crippen LogP contribution in [0.1, 0.15) is 57.8 Å². The second-order valence-electron chi connectivity index (χ2n) is 6.19. The smallest absolute Gasteiger partial charge is 0.317 e. The lowest BCUT2D eigenvalue weighted by molar-refractivity contribution is -0.138. The van der Waals surface area contributed by atoms with E-state index in [9.17, 15) is 9.59 Å². The maximum absolute atomic E-state index is 12.3. The minimum absolute atomic E-state index is 0.00647. The number of likely N-dealkylation sites (tertiary alicyclic amines) is 1. The summed E-state index contributed by atoms with van der Waals surface area (Å²) >= 11 is 0. The molecule has 0 radical (unpaired) electrons. The third-order valence-electron chi connectivity index (χ3n) is 4.45. The molecule has 114 valence electrons. The minimum atomic E-state index is -0.763. The van der Waals surface area contributed by atoms with Crippen LogP contribution in [0.25, 0.3) is 0 Å². The summed E-state index contributed by atoms with van der Waals surface area (Å²) in [7, 11) is 0. The average molecular weight is 282 g/mol. The van der Waals surface area contributed by atoms with Gasteiger partial charge >= 0.3 is 12.0 Å². The second-order valence-corrected chi connectivity index (χ2v) is 6.19. The number of amides is 2. The molecule has 0 aromatic rings. The van der Waals surface area contributed by atoms with Gasteiger partial charge in [-0.05, 0) is 31.6 Å². The van der Waals surface area contributed by atoms with Gasteiger partial charge in [0.1, 0.15) is 0 Å². The van der Waals surface area contributed by atoms with Crippen molar-refractivity contribution in [1.82, 2.24) is 10.2 Å². The van der Waals surface area contributed by atoms with Crippen LogP contribution in [0.2, 0.25) is 0 Å². The summed E-state index contributed by atoms with van der Waals surface area (Å²) in [6.45, 7) is 1.35. The summed E-state index contributed by atoms with van der Waals surface area (Å²) in [4.78, 5) is 24.9. The Balaban J connectivity index is 1.80. The molecule has 0 spiro atoms. The Hall–Kier alpha value is -1.26. The van der Waals surface area contributed by atoms with Gasteiger partial charge in [0, 0.05) is 25.6 Å². The van der Waals surface area contributed by atoms with Crippen LogP contribution in [0, 0.1) is 5.92 Å². The summed E-state index contributed by atoms with van der Waals surface area (Å²) in [6.07, 6.45) is 9.12. The number of carboxylic acid groups (broad SMARTS) is 1. The molecule has 0 bridgehead atoms. The number of hydrogen-bond donors (Lipinski definition) is 2. The molecule has 1 atom stereocenters. The molecule has 5 nitrogen and oxygen atoms in total. The molecule has 2 amide bonds. The van der Waals surface area contributed by atoms with Gasteiger partial charge in [-0.2, -0.15) is 0 Å². The zero-order valence-electron chi connectivity index (χ0n) is 12.1. The van der Waals surface area contributed by atoms with E-state index in [4.69, 9.17) is 5.11 Å². The lowest BCUT2D eigenvalue weighted by Crippen LogP contribution is -2.48. The molecular weight excluding hydrogens is 256 g/mol. The Morgan fingerprint density at radius 2 is 1.75 bits per heavy atom. The molecule has 1 aliphatic carbocycles. The molecule has 1 saturated carbocycles. The standard InChI is InChI=1S/C15H26N2O3/c18-14(19)10-12-6-5-9-17(11-12)15(20)16-13-7-3-1-2-4-8-13/h12-13H,1-11H2,(H,16,20)(H,18,19). The number of piperidine rings is 1. The number of rotatable bonds is 3. The number of carbonyl (C=O) groups is 2. The maximum Gasteiger partial charge on any atom is 0.317 e. The van der Waals surface area contributed by atoms with Crippen LogP contribution in [0.5, 0.6) is 0 Å². The van der Waals surface area contributed by atoms with Gasteiger partial charge in [0.05, 0.1) is 0 Å². The van der Waals surface area contributed by atoms with Crippen molar-refractivity contribution < 1.29 is 14.7 Å². The van der Waals surface area contributed by atoms with Gasteiger partial charge in [0.2, 0.25) is 0 Å². The van der Waals surface area contributed by atoms with Gasteiger partial charge in [-0.25, -0.2) is 4.79 Å². The highest BCUT2D eigenvalue weighted by molar-refractivity contribution is 5.75. The van der Waals surface area contributed by atoms with E-state index in [1.54, 1.807) is 0 Å². The van der Waals surface area contributed by atoms with E-state index in [0.29, 0.717) is 12.6 Å². The van der Waals surface area contributed by atoms with E-state index < -0.39 is 5.97 Å². The first-order valence-electron chi connectivity index (χ1n) is 7.92. The quantitative estimate of drug-likeness (QED) is 0.782. The van der Waals surface area contributed by atoms with Gasteiger partial charge in [-0.15, -0.1) is 0 Å². The largest absolute Gasteiger partial charge is 0.481 e. The Kier molecular flexibility index (Phi) is 5.68. The third-order valence-corrected chi connectivity index (χ3v) is 4.45. The fraction of sp³-hybridized carbons (Fsp3) is 0.867. The van der Waals surface area contributed by atoms with Crippen molar-refractivity contribution >= 4 is 12.0 Å². The number of aliphatic carboxylic acids is 1. The van der Waals surface area contributed by atoms with Gasteiger partial charge in [0.25, 0.3) is 0 Å². The van der Waals surface area contributed by atoms with Crippen molar-refractivity contribution in [2.24, 2.45) is 5.92 Å². The molecule has 0 aromatic carbocycles. The number of carboxylic acids is 1. The molecule has 2 fully saturated rings. The normalized spacial score (nSPS) is 25.0. The Labute approximate surface area is 120 Å². The second kappa shape index (κ2) is 7.50. The lowest BCUT2D eigenvalue weighted by atomic mass is 9.95. The zero-order valence-corrected chi connectivity index (χ0v) is 12.1. The predicted molar refractivity (Wildman–Crippen MR) is 76.6 cm³/mol. The topological polar surface area (TPSA) is 69.6 Å². The summed E-state index contributed by atoms with van der Waals surface area (Å²) in [5.74, 6) is -0.651. The molecular formula is C15H26N2O3. The van der Waals surface area contributed by atoms with Crippen LogP contribution < -0.4 is 5.32 Å². The molecule has 20 heavy (non-hydrogen) atoms. The fourth-order valence-corrected chi connectivity index (χ4v) is 3.35. The van der Waals surface area contributed by atoms with Gasteiger partial charge in [0.15, 0.2) is 0 Å². The SMILES string of the molecule is O=C(O)CC1CCCN(C(=O)NC2CCCCCC2)C1. The van der Waals surface area contributed by atoms with Crippen LogP contribution in [0.3, 0.4) is 0 Å². The van der Waals surface area contributed by atoms with E-state index in [-0.39, 0.29) is 18.4 Å². The summed E-state index contributed by atoms with van der Waals surface area (Å²) in [5, 5.41) is 12.0. The highest BCUT2D eigenvalue weighted by Crippen LogP contribution is 2.21. The Morgan fingerprint density at radius 1 is 1.05 bits per heavy atom. The van der Waals surface area contributed by atoms with E-state index in [1.165, 1.54) is 25.7 Å². The Bertz CT molecular complexity index is 338. The van der Waals surface area contributed by atoms with E-state index >= 15 is 0 Å². The molecule has 2 N–H and O–H groups in total. The molecule has 1 heterocycles. The Morgan fingerprint density at radius 3 is 2.40 bits per heavy atom. The fourth-order valence-electron chi connectivity index (χ4n) is 3.35. The van der Waals surface area contributed by atoms with Crippen LogP contribution in [0.15, 0.2) is 0 Å². The maximum atomic E-state index is 12.3. The molecule has 5 heteroatoms. The first kappa shape index (κ1) is 15.1.